The lowest BCUT2D eigenvalue weighted by atomic mass is 10.2. The molecule has 0 N–H and O–H groups in total. The number of halogens is 1. The minimum Gasteiger partial charge on any atom is -0.479 e. The fraction of sp³-hybridized carbons (Fsp3) is 0.421. The van der Waals surface area contributed by atoms with Crippen molar-refractivity contribution in [1.29, 1.82) is 0 Å². The minimum absolute atomic E-state index is 0.0520. The van der Waals surface area contributed by atoms with Gasteiger partial charge in [-0.05, 0) is 43.3 Å². The molecule has 0 radical (unpaired) electrons. The number of thiophene rings is 1. The molecule has 3 rings (SSSR count). The maximum absolute atomic E-state index is 13.0. The summed E-state index contributed by atoms with van der Waals surface area (Å²) in [6.45, 7) is 3.71. The molecule has 2 atom stereocenters. The topological polar surface area (TPSA) is 38.8 Å². The van der Waals surface area contributed by atoms with Gasteiger partial charge >= 0.3 is 0 Å². The molecule has 1 aromatic carbocycles. The van der Waals surface area contributed by atoms with E-state index >= 15 is 0 Å². The molecule has 0 spiro atoms. The van der Waals surface area contributed by atoms with E-state index in [1.165, 1.54) is 0 Å². The molecule has 0 aliphatic carbocycles. The van der Waals surface area contributed by atoms with E-state index in [0.29, 0.717) is 23.9 Å². The van der Waals surface area contributed by atoms with Gasteiger partial charge in [-0.2, -0.15) is 0 Å². The van der Waals surface area contributed by atoms with Gasteiger partial charge in [0.2, 0.25) is 0 Å². The molecule has 1 saturated heterocycles. The average Bonchev–Trinajstić information content (AvgIpc) is 3.29. The maximum Gasteiger partial charge on any atom is 0.263 e. The lowest BCUT2D eigenvalue weighted by Crippen LogP contribution is -2.43. The van der Waals surface area contributed by atoms with Gasteiger partial charge in [0, 0.05) is 18.0 Å². The van der Waals surface area contributed by atoms with Gasteiger partial charge < -0.3 is 14.4 Å². The van der Waals surface area contributed by atoms with Gasteiger partial charge in [-0.15, -0.1) is 11.3 Å². The summed E-state index contributed by atoms with van der Waals surface area (Å²) in [5, 5.41) is 2.53. The maximum atomic E-state index is 13.0. The van der Waals surface area contributed by atoms with Crippen LogP contribution >= 0.6 is 22.9 Å². The Bertz CT molecular complexity index is 686. The standard InChI is InChI=1S/C19H22ClNO3S/c1-14(24-18-9-3-2-8-17(18)20)19(22)21(12-15-6-4-10-23-15)13-16-7-5-11-25-16/h2-3,5,7-9,11,14-15H,4,6,10,12-13H2,1H3. The van der Waals surface area contributed by atoms with E-state index < -0.39 is 6.10 Å². The number of carbonyl (C=O) groups excluding carboxylic acids is 1. The predicted octanol–water partition coefficient (Wildman–Crippen LogP) is 4.38. The van der Waals surface area contributed by atoms with Gasteiger partial charge in [-0.3, -0.25) is 4.79 Å². The summed E-state index contributed by atoms with van der Waals surface area (Å²) in [5.41, 5.74) is 0. The third-order valence-electron chi connectivity index (χ3n) is 4.17. The fourth-order valence-electron chi connectivity index (χ4n) is 2.90. The van der Waals surface area contributed by atoms with Gasteiger partial charge in [0.25, 0.3) is 5.91 Å². The van der Waals surface area contributed by atoms with Crippen molar-refractivity contribution in [3.63, 3.8) is 0 Å². The quantitative estimate of drug-likeness (QED) is 0.716. The first-order valence-corrected chi connectivity index (χ1v) is 9.73. The number of benzene rings is 1. The van der Waals surface area contributed by atoms with E-state index in [1.807, 2.05) is 34.5 Å². The van der Waals surface area contributed by atoms with E-state index in [0.717, 1.165) is 24.3 Å². The van der Waals surface area contributed by atoms with Crippen LogP contribution in [0.5, 0.6) is 5.75 Å². The smallest absolute Gasteiger partial charge is 0.263 e. The Morgan fingerprint density at radius 3 is 2.92 bits per heavy atom. The Morgan fingerprint density at radius 1 is 1.40 bits per heavy atom. The average molecular weight is 380 g/mol. The van der Waals surface area contributed by atoms with Crippen molar-refractivity contribution in [3.05, 3.63) is 51.7 Å². The largest absolute Gasteiger partial charge is 0.479 e. The normalized spacial score (nSPS) is 18.1. The number of hydrogen-bond donors (Lipinski definition) is 0. The Labute approximate surface area is 157 Å². The molecule has 1 fully saturated rings. The third kappa shape index (κ3) is 4.97. The lowest BCUT2D eigenvalue weighted by Gasteiger charge is -2.28. The second kappa shape index (κ2) is 8.70. The molecule has 0 bridgehead atoms. The second-order valence-corrected chi connectivity index (χ2v) is 7.56. The van der Waals surface area contributed by atoms with E-state index in [1.54, 1.807) is 30.4 Å². The van der Waals surface area contributed by atoms with Crippen LogP contribution in [0.4, 0.5) is 0 Å². The minimum atomic E-state index is -0.610. The molecule has 1 aromatic heterocycles. The first-order chi connectivity index (χ1) is 12.1. The van der Waals surface area contributed by atoms with E-state index in [-0.39, 0.29) is 12.0 Å². The summed E-state index contributed by atoms with van der Waals surface area (Å²) in [5.74, 6) is 0.474. The van der Waals surface area contributed by atoms with Gasteiger partial charge in [-0.1, -0.05) is 29.8 Å². The molecule has 1 aliphatic rings. The van der Waals surface area contributed by atoms with Crippen LogP contribution in [0.25, 0.3) is 0 Å². The Morgan fingerprint density at radius 2 is 2.24 bits per heavy atom. The lowest BCUT2D eigenvalue weighted by molar-refractivity contribution is -0.140. The number of amides is 1. The number of hydrogen-bond acceptors (Lipinski definition) is 4. The number of ether oxygens (including phenoxy) is 2. The van der Waals surface area contributed by atoms with Crippen LogP contribution in [-0.2, 0) is 16.1 Å². The van der Waals surface area contributed by atoms with Crippen molar-refractivity contribution in [2.45, 2.75) is 38.5 Å². The van der Waals surface area contributed by atoms with Crippen LogP contribution in [0.15, 0.2) is 41.8 Å². The van der Waals surface area contributed by atoms with Gasteiger partial charge in [-0.25, -0.2) is 0 Å². The summed E-state index contributed by atoms with van der Waals surface area (Å²) in [6.07, 6.45) is 1.54. The third-order valence-corrected chi connectivity index (χ3v) is 5.35. The van der Waals surface area contributed by atoms with Crippen LogP contribution in [-0.4, -0.2) is 36.2 Å². The van der Waals surface area contributed by atoms with Crippen molar-refractivity contribution in [2.24, 2.45) is 0 Å². The Hall–Kier alpha value is -1.56. The van der Waals surface area contributed by atoms with E-state index in [2.05, 4.69) is 0 Å². The molecular formula is C19H22ClNO3S. The molecule has 4 nitrogen and oxygen atoms in total. The number of nitrogens with zero attached hydrogens (tertiary/aromatic N) is 1. The van der Waals surface area contributed by atoms with Gasteiger partial charge in [0.05, 0.1) is 17.7 Å². The van der Waals surface area contributed by atoms with Gasteiger partial charge in [0.1, 0.15) is 5.75 Å². The number of carbonyl (C=O) groups is 1. The fourth-order valence-corrected chi connectivity index (χ4v) is 3.80. The van der Waals surface area contributed by atoms with Gasteiger partial charge in [0.15, 0.2) is 6.10 Å². The molecule has 2 aromatic rings. The summed E-state index contributed by atoms with van der Waals surface area (Å²) in [6, 6.07) is 11.2. The number of rotatable bonds is 7. The monoisotopic (exact) mass is 379 g/mol. The van der Waals surface area contributed by atoms with E-state index in [4.69, 9.17) is 21.1 Å². The highest BCUT2D eigenvalue weighted by Crippen LogP contribution is 2.25. The molecule has 2 heterocycles. The first kappa shape index (κ1) is 18.2. The van der Waals surface area contributed by atoms with Crippen LogP contribution in [0, 0.1) is 0 Å². The highest BCUT2D eigenvalue weighted by molar-refractivity contribution is 7.09. The van der Waals surface area contributed by atoms with Crippen molar-refractivity contribution in [3.8, 4) is 5.75 Å². The first-order valence-electron chi connectivity index (χ1n) is 8.47. The zero-order valence-electron chi connectivity index (χ0n) is 14.2. The highest BCUT2D eigenvalue weighted by Gasteiger charge is 2.27. The molecule has 1 amide bonds. The molecule has 25 heavy (non-hydrogen) atoms. The summed E-state index contributed by atoms with van der Waals surface area (Å²) in [7, 11) is 0. The second-order valence-electron chi connectivity index (χ2n) is 6.12. The Balaban J connectivity index is 1.69. The highest BCUT2D eigenvalue weighted by atomic mass is 35.5. The van der Waals surface area contributed by atoms with E-state index in [9.17, 15) is 4.79 Å². The predicted molar refractivity (Wildman–Crippen MR) is 100 cm³/mol. The summed E-state index contributed by atoms with van der Waals surface area (Å²) in [4.78, 5) is 16.0. The summed E-state index contributed by atoms with van der Waals surface area (Å²) >= 11 is 7.79. The SMILES string of the molecule is CC(Oc1ccccc1Cl)C(=O)N(Cc1cccs1)CC1CCCO1. The molecule has 1 aliphatic heterocycles. The van der Waals surface area contributed by atoms with Crippen LogP contribution in [0.1, 0.15) is 24.6 Å². The van der Waals surface area contributed by atoms with Crippen molar-refractivity contribution < 1.29 is 14.3 Å². The van der Waals surface area contributed by atoms with Crippen LogP contribution in [0.2, 0.25) is 5.02 Å². The molecular weight excluding hydrogens is 358 g/mol. The van der Waals surface area contributed by atoms with Crippen molar-refractivity contribution in [2.75, 3.05) is 13.2 Å². The molecule has 2 unspecified atom stereocenters. The van der Waals surface area contributed by atoms with Crippen LogP contribution in [0.3, 0.4) is 0 Å². The molecule has 134 valence electrons. The van der Waals surface area contributed by atoms with Crippen molar-refractivity contribution >= 4 is 28.8 Å². The van der Waals surface area contributed by atoms with Crippen LogP contribution < -0.4 is 4.74 Å². The molecule has 6 heteroatoms. The number of para-hydroxylation sites is 1. The zero-order chi connectivity index (χ0) is 17.6. The molecule has 0 saturated carbocycles. The zero-order valence-corrected chi connectivity index (χ0v) is 15.8. The van der Waals surface area contributed by atoms with Crippen molar-refractivity contribution in [1.82, 2.24) is 4.90 Å². The Kier molecular flexibility index (Phi) is 6.34. The summed E-state index contributed by atoms with van der Waals surface area (Å²) < 4.78 is 11.5.